The molecule has 0 saturated carbocycles. The summed E-state index contributed by atoms with van der Waals surface area (Å²) in [6.45, 7) is 5.51. The van der Waals surface area contributed by atoms with E-state index in [4.69, 9.17) is 4.74 Å². The van der Waals surface area contributed by atoms with Crippen molar-refractivity contribution in [3.8, 4) is 5.75 Å². The van der Waals surface area contributed by atoms with Gasteiger partial charge in [-0.3, -0.25) is 4.79 Å². The van der Waals surface area contributed by atoms with Gasteiger partial charge in [-0.15, -0.1) is 11.3 Å². The van der Waals surface area contributed by atoms with Gasteiger partial charge in [0.2, 0.25) is 0 Å². The van der Waals surface area contributed by atoms with E-state index in [1.54, 1.807) is 17.5 Å². The number of nitrogens with zero attached hydrogens (tertiary/aromatic N) is 3. The summed E-state index contributed by atoms with van der Waals surface area (Å²) >= 11 is 2.59. The SMILES string of the molecule is CCOc1ccc2c(c1)sc(=NC(=O)C1CCCCN1S(=O)(=O)c1cccs1)n2CC. The first-order valence-electron chi connectivity index (χ1n) is 10.4. The van der Waals surface area contributed by atoms with Crippen LogP contribution in [0.5, 0.6) is 5.75 Å². The van der Waals surface area contributed by atoms with Crippen LogP contribution in [0.4, 0.5) is 0 Å². The van der Waals surface area contributed by atoms with E-state index in [1.165, 1.54) is 27.0 Å². The van der Waals surface area contributed by atoms with Gasteiger partial charge in [-0.05, 0) is 56.3 Å². The van der Waals surface area contributed by atoms with Gasteiger partial charge in [0.1, 0.15) is 16.0 Å². The smallest absolute Gasteiger partial charge is 0.266 e. The van der Waals surface area contributed by atoms with Crippen molar-refractivity contribution in [1.29, 1.82) is 0 Å². The second-order valence-corrected chi connectivity index (χ2v) is 11.3. The Hall–Kier alpha value is -2.01. The van der Waals surface area contributed by atoms with Crippen LogP contribution in [0.2, 0.25) is 0 Å². The van der Waals surface area contributed by atoms with Crippen molar-refractivity contribution in [2.75, 3.05) is 13.2 Å². The van der Waals surface area contributed by atoms with Crippen LogP contribution < -0.4 is 9.54 Å². The Labute approximate surface area is 189 Å². The lowest BCUT2D eigenvalue weighted by molar-refractivity contribution is -0.122. The van der Waals surface area contributed by atoms with Crippen molar-refractivity contribution in [3.05, 3.63) is 40.5 Å². The average Bonchev–Trinajstić information content (AvgIpc) is 3.42. The van der Waals surface area contributed by atoms with Crippen LogP contribution in [0, 0.1) is 0 Å². The lowest BCUT2D eigenvalue weighted by atomic mass is 10.0. The maximum atomic E-state index is 13.2. The number of carbonyl (C=O) groups excluding carboxylic acids is 1. The largest absolute Gasteiger partial charge is 0.494 e. The summed E-state index contributed by atoms with van der Waals surface area (Å²) in [6.07, 6.45) is 2.03. The van der Waals surface area contributed by atoms with E-state index in [1.807, 2.05) is 36.6 Å². The summed E-state index contributed by atoms with van der Waals surface area (Å²) in [6, 6.07) is 8.36. The number of fused-ring (bicyclic) bond motifs is 1. The summed E-state index contributed by atoms with van der Waals surface area (Å²) in [7, 11) is -3.71. The first kappa shape index (κ1) is 22.2. The number of rotatable bonds is 6. The first-order chi connectivity index (χ1) is 15.0. The second kappa shape index (κ2) is 9.23. The number of hydrogen-bond donors (Lipinski definition) is 0. The number of carbonyl (C=O) groups is 1. The molecule has 1 aliphatic heterocycles. The van der Waals surface area contributed by atoms with E-state index in [2.05, 4.69) is 4.99 Å². The monoisotopic (exact) mass is 479 g/mol. The fourth-order valence-electron chi connectivity index (χ4n) is 3.84. The van der Waals surface area contributed by atoms with Crippen molar-refractivity contribution in [2.45, 2.75) is 49.9 Å². The Morgan fingerprint density at radius 2 is 2.10 bits per heavy atom. The van der Waals surface area contributed by atoms with Crippen LogP contribution in [-0.2, 0) is 21.4 Å². The highest BCUT2D eigenvalue weighted by Gasteiger charge is 2.38. The van der Waals surface area contributed by atoms with E-state index < -0.39 is 22.0 Å². The molecule has 1 aliphatic rings. The van der Waals surface area contributed by atoms with Gasteiger partial charge < -0.3 is 9.30 Å². The maximum absolute atomic E-state index is 13.2. The fraction of sp³-hybridized carbons (Fsp3) is 0.429. The normalized spacial score (nSPS) is 18.5. The third-order valence-corrected chi connectivity index (χ3v) is 9.61. The minimum absolute atomic E-state index is 0.265. The maximum Gasteiger partial charge on any atom is 0.266 e. The lowest BCUT2D eigenvalue weighted by Crippen LogP contribution is -2.47. The van der Waals surface area contributed by atoms with Gasteiger partial charge in [0, 0.05) is 13.1 Å². The molecule has 0 N–H and O–H groups in total. The van der Waals surface area contributed by atoms with Gasteiger partial charge in [-0.1, -0.05) is 23.8 Å². The molecule has 7 nitrogen and oxygen atoms in total. The number of thiazole rings is 1. The number of amides is 1. The molecule has 31 heavy (non-hydrogen) atoms. The zero-order valence-electron chi connectivity index (χ0n) is 17.5. The Kier molecular flexibility index (Phi) is 6.61. The molecule has 10 heteroatoms. The molecule has 1 amide bonds. The standard InChI is InChI=1S/C21H25N3O4S3/c1-3-23-16-11-10-15(28-4-2)14-18(16)30-21(23)22-20(25)17-8-5-6-12-24(17)31(26,27)19-9-7-13-29-19/h7,9-11,13-14,17H,3-6,8,12H2,1-2H3. The zero-order chi connectivity index (χ0) is 22.0. The van der Waals surface area contributed by atoms with Gasteiger partial charge in [-0.25, -0.2) is 8.42 Å². The number of aryl methyl sites for hydroxylation is 1. The van der Waals surface area contributed by atoms with Gasteiger partial charge in [0.25, 0.3) is 15.9 Å². The molecular weight excluding hydrogens is 454 g/mol. The van der Waals surface area contributed by atoms with Crippen molar-refractivity contribution in [2.24, 2.45) is 4.99 Å². The molecule has 0 aliphatic carbocycles. The number of benzene rings is 1. The Bertz CT molecular complexity index is 1240. The van der Waals surface area contributed by atoms with Crippen LogP contribution in [0.25, 0.3) is 10.2 Å². The Morgan fingerprint density at radius 1 is 1.26 bits per heavy atom. The summed E-state index contributed by atoms with van der Waals surface area (Å²) in [4.78, 5) is 18.2. The molecule has 2 aromatic heterocycles. The molecule has 1 unspecified atom stereocenters. The van der Waals surface area contributed by atoms with Crippen LogP contribution >= 0.6 is 22.7 Å². The molecule has 1 aromatic carbocycles. The fourth-order valence-corrected chi connectivity index (χ4v) is 7.73. The van der Waals surface area contributed by atoms with Crippen LogP contribution in [0.15, 0.2) is 44.9 Å². The highest BCUT2D eigenvalue weighted by Crippen LogP contribution is 2.29. The highest BCUT2D eigenvalue weighted by molar-refractivity contribution is 7.91. The summed E-state index contributed by atoms with van der Waals surface area (Å²) < 4.78 is 36.4. The molecule has 3 aromatic rings. The van der Waals surface area contributed by atoms with E-state index in [0.29, 0.717) is 30.9 Å². The summed E-state index contributed by atoms with van der Waals surface area (Å²) in [5, 5.41) is 1.73. The van der Waals surface area contributed by atoms with Crippen LogP contribution in [-0.4, -0.2) is 42.4 Å². The Morgan fingerprint density at radius 3 is 2.81 bits per heavy atom. The van der Waals surface area contributed by atoms with E-state index >= 15 is 0 Å². The van der Waals surface area contributed by atoms with Crippen LogP contribution in [0.1, 0.15) is 33.1 Å². The van der Waals surface area contributed by atoms with E-state index in [9.17, 15) is 13.2 Å². The molecule has 3 heterocycles. The number of hydrogen-bond acceptors (Lipinski definition) is 6. The Balaban J connectivity index is 1.72. The summed E-state index contributed by atoms with van der Waals surface area (Å²) in [5.41, 5.74) is 0.981. The predicted octanol–water partition coefficient (Wildman–Crippen LogP) is 3.85. The zero-order valence-corrected chi connectivity index (χ0v) is 19.9. The predicted molar refractivity (Wildman–Crippen MR) is 123 cm³/mol. The lowest BCUT2D eigenvalue weighted by Gasteiger charge is -2.31. The van der Waals surface area contributed by atoms with E-state index in [-0.39, 0.29) is 4.21 Å². The molecule has 1 atom stereocenters. The first-order valence-corrected chi connectivity index (χ1v) is 13.5. The minimum Gasteiger partial charge on any atom is -0.494 e. The third-order valence-electron chi connectivity index (χ3n) is 5.28. The third kappa shape index (κ3) is 4.34. The number of piperidine rings is 1. The van der Waals surface area contributed by atoms with Gasteiger partial charge >= 0.3 is 0 Å². The van der Waals surface area contributed by atoms with Gasteiger partial charge in [0.15, 0.2) is 4.80 Å². The average molecular weight is 480 g/mol. The molecule has 1 fully saturated rings. The second-order valence-electron chi connectivity index (χ2n) is 7.20. The number of sulfonamides is 1. The van der Waals surface area contributed by atoms with Crippen molar-refractivity contribution < 1.29 is 17.9 Å². The van der Waals surface area contributed by atoms with Gasteiger partial charge in [0.05, 0.1) is 16.8 Å². The quantitative estimate of drug-likeness (QED) is 0.538. The molecule has 4 rings (SSSR count). The molecule has 1 saturated heterocycles. The van der Waals surface area contributed by atoms with E-state index in [0.717, 1.165) is 28.8 Å². The highest BCUT2D eigenvalue weighted by atomic mass is 32.2. The number of aromatic nitrogens is 1. The molecule has 0 spiro atoms. The molecule has 0 radical (unpaired) electrons. The minimum atomic E-state index is -3.71. The van der Waals surface area contributed by atoms with Crippen molar-refractivity contribution >= 4 is 48.8 Å². The summed E-state index contributed by atoms with van der Waals surface area (Å²) in [5.74, 6) is 0.372. The van der Waals surface area contributed by atoms with Crippen LogP contribution in [0.3, 0.4) is 0 Å². The molecule has 0 bridgehead atoms. The molecule has 166 valence electrons. The number of ether oxygens (including phenoxy) is 1. The molecular formula is C21H25N3O4S3. The van der Waals surface area contributed by atoms with Gasteiger partial charge in [-0.2, -0.15) is 9.30 Å². The van der Waals surface area contributed by atoms with Crippen molar-refractivity contribution in [1.82, 2.24) is 8.87 Å². The topological polar surface area (TPSA) is 81.0 Å². The number of thiophene rings is 1. The van der Waals surface area contributed by atoms with Crippen molar-refractivity contribution in [3.63, 3.8) is 0 Å².